The highest BCUT2D eigenvalue weighted by Gasteiger charge is 2.48. The van der Waals surface area contributed by atoms with E-state index in [0.717, 1.165) is 0 Å². The smallest absolute Gasteiger partial charge is 0.216 e. The number of sulfonamides is 1. The molecule has 0 N–H and O–H groups in total. The van der Waals surface area contributed by atoms with Gasteiger partial charge in [-0.05, 0) is 13.8 Å². The second kappa shape index (κ2) is 5.35. The molecule has 2 aliphatic rings. The minimum atomic E-state index is -3.36. The summed E-state index contributed by atoms with van der Waals surface area (Å²) in [4.78, 5) is 3.93. The quantitative estimate of drug-likeness (QED) is 0.787. The third-order valence-electron chi connectivity index (χ3n) is 3.90. The lowest BCUT2D eigenvalue weighted by atomic mass is 10.0. The van der Waals surface area contributed by atoms with E-state index in [1.54, 1.807) is 27.6 Å². The summed E-state index contributed by atoms with van der Waals surface area (Å²) in [5.41, 5.74) is -0.489. The Kier molecular flexibility index (Phi) is 3.81. The van der Waals surface area contributed by atoms with Crippen molar-refractivity contribution >= 4 is 10.0 Å². The third kappa shape index (κ3) is 3.13. The summed E-state index contributed by atoms with van der Waals surface area (Å²) in [6.45, 7) is 5.47. The molecule has 0 spiro atoms. The molecule has 118 valence electrons. The number of fused-ring (bicyclic) bond motifs is 1. The molecule has 2 aliphatic heterocycles. The van der Waals surface area contributed by atoms with Crippen molar-refractivity contribution in [3.63, 3.8) is 0 Å². The highest BCUT2D eigenvalue weighted by Crippen LogP contribution is 2.31. The van der Waals surface area contributed by atoms with Gasteiger partial charge >= 0.3 is 0 Å². The van der Waals surface area contributed by atoms with E-state index in [9.17, 15) is 8.42 Å². The molecule has 0 saturated carbocycles. The summed E-state index contributed by atoms with van der Waals surface area (Å²) in [6.07, 6.45) is 4.86. The maximum absolute atomic E-state index is 12.7. The number of ether oxygens (including phenoxy) is 2. The van der Waals surface area contributed by atoms with Gasteiger partial charge in [0.2, 0.25) is 10.0 Å². The minimum Gasteiger partial charge on any atom is -0.377 e. The third-order valence-corrected chi connectivity index (χ3v) is 5.71. The number of rotatable bonds is 4. The summed E-state index contributed by atoms with van der Waals surface area (Å²) in [5.74, 6) is 0.0582. The van der Waals surface area contributed by atoms with Gasteiger partial charge in [0.25, 0.3) is 0 Å². The van der Waals surface area contributed by atoms with Gasteiger partial charge in [-0.25, -0.2) is 13.4 Å². The van der Waals surface area contributed by atoms with Crippen LogP contribution in [0.15, 0.2) is 18.7 Å². The highest BCUT2D eigenvalue weighted by molar-refractivity contribution is 7.89. The van der Waals surface area contributed by atoms with Crippen molar-refractivity contribution in [1.82, 2.24) is 13.9 Å². The Morgan fingerprint density at radius 2 is 2.19 bits per heavy atom. The number of aryl methyl sites for hydroxylation is 1. The maximum atomic E-state index is 12.7. The van der Waals surface area contributed by atoms with Crippen molar-refractivity contribution in [2.45, 2.75) is 38.1 Å². The van der Waals surface area contributed by atoms with E-state index in [-0.39, 0.29) is 17.9 Å². The van der Waals surface area contributed by atoms with E-state index in [4.69, 9.17) is 9.47 Å². The van der Waals surface area contributed by atoms with Crippen LogP contribution in [-0.4, -0.2) is 65.5 Å². The number of morpholine rings is 1. The van der Waals surface area contributed by atoms with Gasteiger partial charge in [-0.1, -0.05) is 0 Å². The molecule has 1 aromatic heterocycles. The average Bonchev–Trinajstić information content (AvgIpc) is 3.04. The summed E-state index contributed by atoms with van der Waals surface area (Å²) in [7, 11) is -3.36. The second-order valence-corrected chi connectivity index (χ2v) is 8.22. The van der Waals surface area contributed by atoms with Crippen LogP contribution in [-0.2, 0) is 26.0 Å². The molecular formula is C13H21N3O4S. The summed E-state index contributed by atoms with van der Waals surface area (Å²) >= 11 is 0. The first-order chi connectivity index (χ1) is 9.87. The van der Waals surface area contributed by atoms with Crippen LogP contribution >= 0.6 is 0 Å². The Bertz CT molecular complexity index is 585. The number of hydrogen-bond donors (Lipinski definition) is 0. The highest BCUT2D eigenvalue weighted by atomic mass is 32.2. The van der Waals surface area contributed by atoms with E-state index in [1.165, 1.54) is 0 Å². The van der Waals surface area contributed by atoms with Crippen LogP contribution in [0.2, 0.25) is 0 Å². The van der Waals surface area contributed by atoms with E-state index < -0.39 is 15.6 Å². The fourth-order valence-electron chi connectivity index (χ4n) is 2.91. The summed E-state index contributed by atoms with van der Waals surface area (Å²) < 4.78 is 40.1. The normalized spacial score (nSPS) is 29.4. The Labute approximate surface area is 124 Å². The first kappa shape index (κ1) is 15.0. The van der Waals surface area contributed by atoms with Gasteiger partial charge in [-0.3, -0.25) is 0 Å². The van der Waals surface area contributed by atoms with Crippen molar-refractivity contribution in [2.24, 2.45) is 0 Å². The molecule has 1 aromatic rings. The molecule has 0 bridgehead atoms. The van der Waals surface area contributed by atoms with Gasteiger partial charge < -0.3 is 14.0 Å². The van der Waals surface area contributed by atoms with Crippen molar-refractivity contribution in [1.29, 1.82) is 0 Å². The van der Waals surface area contributed by atoms with Crippen molar-refractivity contribution < 1.29 is 17.9 Å². The monoisotopic (exact) mass is 315 g/mol. The van der Waals surface area contributed by atoms with Gasteiger partial charge in [0.05, 0.1) is 36.9 Å². The predicted molar refractivity (Wildman–Crippen MR) is 76.3 cm³/mol. The zero-order valence-electron chi connectivity index (χ0n) is 12.3. The first-order valence-electron chi connectivity index (χ1n) is 7.08. The topological polar surface area (TPSA) is 73.7 Å². The molecule has 0 amide bonds. The molecular weight excluding hydrogens is 294 g/mol. The minimum absolute atomic E-state index is 0.0582. The number of hydrogen-bond acceptors (Lipinski definition) is 5. The van der Waals surface area contributed by atoms with Crippen LogP contribution in [0, 0.1) is 0 Å². The largest absolute Gasteiger partial charge is 0.377 e. The molecule has 0 aromatic carbocycles. The predicted octanol–water partition coefficient (Wildman–Crippen LogP) is 0.0911. The van der Waals surface area contributed by atoms with Crippen LogP contribution in [0.4, 0.5) is 0 Å². The zero-order valence-corrected chi connectivity index (χ0v) is 13.1. The van der Waals surface area contributed by atoms with Gasteiger partial charge in [0.15, 0.2) is 0 Å². The molecule has 0 aliphatic carbocycles. The van der Waals surface area contributed by atoms with Crippen molar-refractivity contribution in [2.75, 3.05) is 25.5 Å². The Morgan fingerprint density at radius 3 is 2.90 bits per heavy atom. The first-order valence-corrected chi connectivity index (χ1v) is 8.69. The van der Waals surface area contributed by atoms with E-state index in [2.05, 4.69) is 4.98 Å². The summed E-state index contributed by atoms with van der Waals surface area (Å²) in [6, 6.07) is -0.203. The Balaban J connectivity index is 1.76. The SMILES string of the molecule is CC1(C)CN(S(=O)(=O)CCn2ccnc2)[C@@H]2COC[C@H]2O1. The van der Waals surface area contributed by atoms with Gasteiger partial charge in [-0.2, -0.15) is 4.31 Å². The summed E-state index contributed by atoms with van der Waals surface area (Å²) in [5, 5.41) is 0. The molecule has 0 unspecified atom stereocenters. The Morgan fingerprint density at radius 1 is 1.38 bits per heavy atom. The zero-order chi connectivity index (χ0) is 15.1. The number of aromatic nitrogens is 2. The van der Waals surface area contributed by atoms with Crippen molar-refractivity contribution in [3.8, 4) is 0 Å². The standard InChI is InChI=1S/C13H21N3O4S/c1-13(2)9-16(11-7-19-8-12(11)20-13)21(17,18)6-5-15-4-3-14-10-15/h3-4,10-12H,5-9H2,1-2H3/t11-,12-/m1/s1. The van der Waals surface area contributed by atoms with Crippen LogP contribution in [0.5, 0.6) is 0 Å². The van der Waals surface area contributed by atoms with Crippen LogP contribution in [0.1, 0.15) is 13.8 Å². The molecule has 3 rings (SSSR count). The molecule has 3 heterocycles. The van der Waals surface area contributed by atoms with Crippen LogP contribution in [0.3, 0.4) is 0 Å². The lowest BCUT2D eigenvalue weighted by Gasteiger charge is -2.44. The molecule has 2 atom stereocenters. The fourth-order valence-corrected chi connectivity index (χ4v) is 4.70. The van der Waals surface area contributed by atoms with Crippen LogP contribution in [0.25, 0.3) is 0 Å². The van der Waals surface area contributed by atoms with Crippen molar-refractivity contribution in [3.05, 3.63) is 18.7 Å². The molecule has 0 radical (unpaired) electrons. The maximum Gasteiger partial charge on any atom is 0.216 e. The molecule has 2 fully saturated rings. The molecule has 21 heavy (non-hydrogen) atoms. The van der Waals surface area contributed by atoms with E-state index in [1.807, 2.05) is 13.8 Å². The lowest BCUT2D eigenvalue weighted by molar-refractivity contribution is -0.128. The van der Waals surface area contributed by atoms with Gasteiger partial charge in [0, 0.05) is 25.5 Å². The van der Waals surface area contributed by atoms with E-state index >= 15 is 0 Å². The number of nitrogens with zero attached hydrogens (tertiary/aromatic N) is 3. The number of imidazole rings is 1. The van der Waals surface area contributed by atoms with Gasteiger partial charge in [0.1, 0.15) is 6.10 Å². The van der Waals surface area contributed by atoms with Gasteiger partial charge in [-0.15, -0.1) is 0 Å². The fraction of sp³-hybridized carbons (Fsp3) is 0.769. The second-order valence-electron chi connectivity index (χ2n) is 6.18. The Hall–Kier alpha value is -0.960. The van der Waals surface area contributed by atoms with Crippen LogP contribution < -0.4 is 0 Å². The lowest BCUT2D eigenvalue weighted by Crippen LogP contribution is -2.60. The molecule has 2 saturated heterocycles. The average molecular weight is 315 g/mol. The molecule has 7 nitrogen and oxygen atoms in total. The van der Waals surface area contributed by atoms with E-state index in [0.29, 0.717) is 26.3 Å². The molecule has 8 heteroatoms.